The second-order valence-corrected chi connectivity index (χ2v) is 20.2. The summed E-state index contributed by atoms with van der Waals surface area (Å²) < 4.78 is 0.623. The van der Waals surface area contributed by atoms with Gasteiger partial charge in [-0.25, -0.2) is 0 Å². The normalized spacial score (nSPS) is 19.6. The van der Waals surface area contributed by atoms with E-state index >= 15 is 0 Å². The summed E-state index contributed by atoms with van der Waals surface area (Å²) in [4.78, 5) is 0. The molecule has 1 atom stereocenters. The Hall–Kier alpha value is -0.223. The molecule has 0 fully saturated rings. The number of fused-ring (bicyclic) bond motifs is 5. The average Bonchev–Trinajstić information content (AvgIpc) is 3.02. The largest absolute Gasteiger partial charge is 1.00 e. The maximum absolute atomic E-state index is 9.48. The topological polar surface area (TPSA) is 20.2 Å². The maximum Gasteiger partial charge on any atom is -1.00 e. The van der Waals surface area contributed by atoms with Crippen molar-refractivity contribution in [3.8, 4) is 11.1 Å². The van der Waals surface area contributed by atoms with Crippen molar-refractivity contribution in [1.29, 1.82) is 0 Å². The van der Waals surface area contributed by atoms with Gasteiger partial charge in [-0.2, -0.15) is 0 Å². The van der Waals surface area contributed by atoms with Crippen LogP contribution in [0.1, 0.15) is 26.7 Å². The molecule has 1 N–H and O–H groups in total. The molecule has 155 valence electrons. The van der Waals surface area contributed by atoms with E-state index in [0.717, 1.165) is 12.5 Å². The van der Waals surface area contributed by atoms with Crippen LogP contribution >= 0.6 is 0 Å². The fraction of sp³-hybridized carbons (Fsp3) is 0.333. The van der Waals surface area contributed by atoms with Crippen LogP contribution in [-0.2, 0) is 24.7 Å². The monoisotopic (exact) mass is 547 g/mol. The number of rotatable bonds is 4. The standard InChI is InChI=1S/C24H27OSi2.2ClH.Zr/c1-26(2,12-11-25)18-10-9-17(13-18)20-15-21-19-8-6-5-7-16(19)14-22(21)24-23(20)27(24,3)4;;;/h5-8,10,13-15,25H,9,11-12H2,1-4H3;2*1H;/q;;;+2/p-2. The molecular formula is C24H27Cl2OSi2Zr. The predicted molar refractivity (Wildman–Crippen MR) is 121 cm³/mol. The molecule has 0 amide bonds. The molecule has 2 aromatic carbocycles. The van der Waals surface area contributed by atoms with Gasteiger partial charge in [-0.1, -0.05) is 0 Å². The number of aliphatic hydroxyl groups excluding tert-OH is 1. The molecule has 0 bridgehead atoms. The number of hydrogen-bond donors (Lipinski definition) is 1. The third-order valence-corrected chi connectivity index (χ3v) is 15.3. The summed E-state index contributed by atoms with van der Waals surface area (Å²) in [5, 5.41) is 14.5. The van der Waals surface area contributed by atoms with E-state index in [1.807, 2.05) is 0 Å². The zero-order chi connectivity index (χ0) is 19.8. The van der Waals surface area contributed by atoms with Gasteiger partial charge in [0.25, 0.3) is 0 Å². The van der Waals surface area contributed by atoms with Crippen LogP contribution in [0.3, 0.4) is 0 Å². The van der Waals surface area contributed by atoms with Crippen molar-refractivity contribution in [3.63, 3.8) is 0 Å². The molecule has 0 saturated carbocycles. The van der Waals surface area contributed by atoms with Crippen LogP contribution in [0.15, 0.2) is 47.7 Å². The average molecular weight is 550 g/mol. The van der Waals surface area contributed by atoms with Gasteiger partial charge in [0, 0.05) is 0 Å². The van der Waals surface area contributed by atoms with Crippen LogP contribution in [0.25, 0.3) is 16.7 Å². The fourth-order valence-corrected chi connectivity index (χ4v) is 13.0. The van der Waals surface area contributed by atoms with Crippen LogP contribution in [-0.4, -0.2) is 27.9 Å². The van der Waals surface area contributed by atoms with Crippen LogP contribution in [0.4, 0.5) is 0 Å². The van der Waals surface area contributed by atoms with Gasteiger partial charge in [-0.15, -0.1) is 0 Å². The minimum Gasteiger partial charge on any atom is -1.00 e. The van der Waals surface area contributed by atoms with E-state index in [2.05, 4.69) is 68.7 Å². The van der Waals surface area contributed by atoms with E-state index in [0.29, 0.717) is 10.2 Å². The molecule has 6 heteroatoms. The summed E-state index contributed by atoms with van der Waals surface area (Å²) >= 11 is 1.62. The Morgan fingerprint density at radius 2 is 1.77 bits per heavy atom. The molecule has 0 saturated heterocycles. The number of halogens is 2. The maximum atomic E-state index is 9.48. The first-order valence-electron chi connectivity index (χ1n) is 10.3. The minimum absolute atomic E-state index is 0. The van der Waals surface area contributed by atoms with Crippen molar-refractivity contribution < 1.29 is 54.6 Å². The first kappa shape index (κ1) is 24.4. The first-order chi connectivity index (χ1) is 13.3. The van der Waals surface area contributed by atoms with Gasteiger partial charge < -0.3 is 24.8 Å². The SMILES string of the molecule is C[Si](C)(CCO)C1=CCC(c2cc3c(c4c2[Si]4(C)C)[CH]([Zr+2])c2ccccc2-3)=C1.[Cl-].[Cl-]. The van der Waals surface area contributed by atoms with E-state index in [-0.39, 0.29) is 24.8 Å². The van der Waals surface area contributed by atoms with E-state index in [9.17, 15) is 5.11 Å². The van der Waals surface area contributed by atoms with Gasteiger partial charge in [0.2, 0.25) is 0 Å². The summed E-state index contributed by atoms with van der Waals surface area (Å²) in [6, 6.07) is 12.6. The Morgan fingerprint density at radius 3 is 2.47 bits per heavy atom. The molecule has 1 nitrogen and oxygen atoms in total. The van der Waals surface area contributed by atoms with Gasteiger partial charge in [0.15, 0.2) is 0 Å². The summed E-state index contributed by atoms with van der Waals surface area (Å²) in [5.74, 6) is 0. The summed E-state index contributed by atoms with van der Waals surface area (Å²) in [6.07, 6.45) is 6.01. The molecule has 3 aliphatic rings. The Morgan fingerprint density at radius 1 is 1.07 bits per heavy atom. The van der Waals surface area contributed by atoms with Crippen molar-refractivity contribution >= 4 is 32.1 Å². The van der Waals surface area contributed by atoms with Gasteiger partial charge in [0.05, 0.1) is 0 Å². The minimum atomic E-state index is -1.52. The Kier molecular flexibility index (Phi) is 6.74. The number of benzene rings is 2. The molecule has 1 heterocycles. The van der Waals surface area contributed by atoms with Crippen LogP contribution in [0.5, 0.6) is 0 Å². The van der Waals surface area contributed by atoms with Gasteiger partial charge >= 0.3 is 186 Å². The Balaban J connectivity index is 0.00000128. The van der Waals surface area contributed by atoms with Crippen molar-refractivity contribution in [2.24, 2.45) is 0 Å². The molecule has 2 aliphatic carbocycles. The third kappa shape index (κ3) is 3.47. The zero-order valence-electron chi connectivity index (χ0n) is 17.9. The predicted octanol–water partition coefficient (Wildman–Crippen LogP) is -1.60. The van der Waals surface area contributed by atoms with Gasteiger partial charge in [0.1, 0.15) is 0 Å². The fourth-order valence-electron chi connectivity index (χ4n) is 5.37. The summed E-state index contributed by atoms with van der Waals surface area (Å²) in [6.45, 7) is 10.2. The van der Waals surface area contributed by atoms with E-state index < -0.39 is 16.1 Å². The molecule has 2 aromatic rings. The molecule has 30 heavy (non-hydrogen) atoms. The van der Waals surface area contributed by atoms with Crippen LogP contribution in [0, 0.1) is 0 Å². The Bertz CT molecular complexity index is 1090. The molecule has 5 rings (SSSR count). The molecule has 1 unspecified atom stereocenters. The third-order valence-electron chi connectivity index (χ3n) is 7.14. The summed E-state index contributed by atoms with van der Waals surface area (Å²) in [5.41, 5.74) is 9.28. The molecule has 0 radical (unpaired) electrons. The number of hydrogen-bond acceptors (Lipinski definition) is 1. The second-order valence-electron chi connectivity index (χ2n) is 9.67. The first-order valence-corrected chi connectivity index (χ1v) is 17.9. The van der Waals surface area contributed by atoms with Crippen molar-refractivity contribution in [1.82, 2.24) is 0 Å². The van der Waals surface area contributed by atoms with Crippen LogP contribution < -0.4 is 35.2 Å². The van der Waals surface area contributed by atoms with Crippen molar-refractivity contribution in [3.05, 3.63) is 64.4 Å². The van der Waals surface area contributed by atoms with E-state index in [1.165, 1.54) is 21.9 Å². The van der Waals surface area contributed by atoms with Crippen LogP contribution in [0.2, 0.25) is 32.2 Å². The molecular weight excluding hydrogens is 523 g/mol. The van der Waals surface area contributed by atoms with E-state index in [4.69, 9.17) is 0 Å². The van der Waals surface area contributed by atoms with Gasteiger partial charge in [-0.3, -0.25) is 0 Å². The van der Waals surface area contributed by atoms with E-state index in [1.54, 1.807) is 51.8 Å². The quantitative estimate of drug-likeness (QED) is 0.456. The molecule has 0 aromatic heterocycles. The van der Waals surface area contributed by atoms with Gasteiger partial charge in [-0.05, 0) is 0 Å². The number of aliphatic hydroxyl groups is 1. The smallest absolute Gasteiger partial charge is 1.00 e. The molecule has 0 spiro atoms. The second kappa shape index (κ2) is 8.28. The number of allylic oxidation sites excluding steroid dienone is 4. The van der Waals surface area contributed by atoms with Crippen molar-refractivity contribution in [2.45, 2.75) is 42.3 Å². The zero-order valence-corrected chi connectivity index (χ0v) is 23.9. The summed E-state index contributed by atoms with van der Waals surface area (Å²) in [7, 11) is -2.93. The Labute approximate surface area is 209 Å². The van der Waals surface area contributed by atoms with Crippen molar-refractivity contribution in [2.75, 3.05) is 6.61 Å². The molecule has 1 aliphatic heterocycles.